The molecule has 1 aliphatic heterocycles. The van der Waals surface area contributed by atoms with Crippen LogP contribution in [0.4, 0.5) is 0 Å². The van der Waals surface area contributed by atoms with E-state index < -0.39 is 10.0 Å². The molecule has 0 radical (unpaired) electrons. The fourth-order valence-corrected chi connectivity index (χ4v) is 3.25. The summed E-state index contributed by atoms with van der Waals surface area (Å²) in [5.41, 5.74) is 6.88. The summed E-state index contributed by atoms with van der Waals surface area (Å²) in [6.07, 6.45) is 1.01. The summed E-state index contributed by atoms with van der Waals surface area (Å²) in [7, 11) is -0.267. The van der Waals surface area contributed by atoms with Crippen LogP contribution in [0.3, 0.4) is 0 Å². The van der Waals surface area contributed by atoms with Gasteiger partial charge >= 0.3 is 0 Å². The summed E-state index contributed by atoms with van der Waals surface area (Å²) < 4.78 is 25.4. The largest absolute Gasteiger partial charge is 0.326 e. The van der Waals surface area contributed by atoms with Crippen molar-refractivity contribution < 1.29 is 8.42 Å². The summed E-state index contributed by atoms with van der Waals surface area (Å²) in [5, 5.41) is 0. The van der Waals surface area contributed by atoms with Crippen LogP contribution in [-0.4, -0.2) is 50.8 Å². The van der Waals surface area contributed by atoms with E-state index in [-0.39, 0.29) is 18.4 Å². The van der Waals surface area contributed by atoms with Gasteiger partial charge in [0.15, 0.2) is 0 Å². The minimum atomic E-state index is -3.35. The molecule has 0 spiro atoms. The second-order valence-corrected chi connectivity index (χ2v) is 7.37. The number of sulfonamides is 1. The molecule has 1 saturated heterocycles. The molecule has 0 amide bonds. The third-order valence-corrected chi connectivity index (χ3v) is 5.20. The minimum absolute atomic E-state index is 0. The molecule has 0 unspecified atom stereocenters. The highest BCUT2D eigenvalue weighted by atomic mass is 35.5. The molecular formula is C13H22ClN3O2S. The average molecular weight is 320 g/mol. The summed E-state index contributed by atoms with van der Waals surface area (Å²) in [6, 6.07) is 7.38. The third kappa shape index (κ3) is 3.93. The van der Waals surface area contributed by atoms with Gasteiger partial charge in [0, 0.05) is 39.8 Å². The number of hydrogen-bond donors (Lipinski definition) is 1. The standard InChI is InChI=1S/C13H21N3O2S.ClH/c1-15(2)19(17,18)13-5-3-4-11(8-13)9-16-7-6-12(14)10-16;/h3-5,8,12H,6-7,9-10,14H2,1-2H3;1H/t12-;/m1./s1. The van der Waals surface area contributed by atoms with Gasteiger partial charge in [-0.1, -0.05) is 12.1 Å². The lowest BCUT2D eigenvalue weighted by Gasteiger charge is -2.16. The van der Waals surface area contributed by atoms with Crippen molar-refractivity contribution in [2.75, 3.05) is 27.2 Å². The van der Waals surface area contributed by atoms with E-state index in [0.717, 1.165) is 31.6 Å². The Morgan fingerprint density at radius 3 is 2.65 bits per heavy atom. The molecule has 7 heteroatoms. The molecular weight excluding hydrogens is 298 g/mol. The molecule has 1 heterocycles. The van der Waals surface area contributed by atoms with Gasteiger partial charge in [0.05, 0.1) is 4.90 Å². The van der Waals surface area contributed by atoms with Gasteiger partial charge in [-0.2, -0.15) is 0 Å². The molecule has 0 bridgehead atoms. The Labute approximate surface area is 127 Å². The molecule has 1 fully saturated rings. The third-order valence-electron chi connectivity index (χ3n) is 3.39. The van der Waals surface area contributed by atoms with Crippen molar-refractivity contribution in [2.45, 2.75) is 23.9 Å². The van der Waals surface area contributed by atoms with Crippen molar-refractivity contribution in [3.63, 3.8) is 0 Å². The lowest BCUT2D eigenvalue weighted by atomic mass is 10.2. The number of hydrogen-bond acceptors (Lipinski definition) is 4. The Bertz CT molecular complexity index is 548. The SMILES string of the molecule is CN(C)S(=O)(=O)c1cccc(CN2CC[C@@H](N)C2)c1.Cl. The molecule has 0 saturated carbocycles. The van der Waals surface area contributed by atoms with E-state index in [2.05, 4.69) is 4.90 Å². The molecule has 20 heavy (non-hydrogen) atoms. The number of benzene rings is 1. The van der Waals surface area contributed by atoms with Gasteiger partial charge in [0.25, 0.3) is 0 Å². The lowest BCUT2D eigenvalue weighted by molar-refractivity contribution is 0.326. The average Bonchev–Trinajstić information content (AvgIpc) is 2.75. The first kappa shape index (κ1) is 17.4. The maximum absolute atomic E-state index is 12.1. The topological polar surface area (TPSA) is 66.6 Å². The molecule has 1 aromatic rings. The molecule has 5 nitrogen and oxygen atoms in total. The van der Waals surface area contributed by atoms with Gasteiger partial charge in [-0.05, 0) is 24.1 Å². The first-order chi connectivity index (χ1) is 8.89. The first-order valence-electron chi connectivity index (χ1n) is 6.39. The highest BCUT2D eigenvalue weighted by Crippen LogP contribution is 2.17. The van der Waals surface area contributed by atoms with E-state index in [9.17, 15) is 8.42 Å². The zero-order chi connectivity index (χ0) is 14.0. The van der Waals surface area contributed by atoms with Crippen molar-refractivity contribution in [3.8, 4) is 0 Å². The Hall–Kier alpha value is -0.660. The van der Waals surface area contributed by atoms with Crippen LogP contribution >= 0.6 is 12.4 Å². The number of nitrogens with two attached hydrogens (primary N) is 1. The summed E-state index contributed by atoms with van der Waals surface area (Å²) in [5.74, 6) is 0. The highest BCUT2D eigenvalue weighted by Gasteiger charge is 2.20. The van der Waals surface area contributed by atoms with Crippen LogP contribution < -0.4 is 5.73 Å². The van der Waals surface area contributed by atoms with Crippen molar-refractivity contribution >= 4 is 22.4 Å². The maximum Gasteiger partial charge on any atom is 0.242 e. The van der Waals surface area contributed by atoms with E-state index in [4.69, 9.17) is 5.73 Å². The summed E-state index contributed by atoms with van der Waals surface area (Å²) in [6.45, 7) is 2.61. The van der Waals surface area contributed by atoms with Crippen LogP contribution in [0.2, 0.25) is 0 Å². The van der Waals surface area contributed by atoms with E-state index >= 15 is 0 Å². The van der Waals surface area contributed by atoms with Crippen LogP contribution in [0.5, 0.6) is 0 Å². The monoisotopic (exact) mass is 319 g/mol. The van der Waals surface area contributed by atoms with Crippen molar-refractivity contribution in [1.82, 2.24) is 9.21 Å². The Kier molecular flexibility index (Phi) is 5.97. The van der Waals surface area contributed by atoms with Crippen molar-refractivity contribution in [1.29, 1.82) is 0 Å². The van der Waals surface area contributed by atoms with Crippen LogP contribution in [0, 0.1) is 0 Å². The molecule has 1 aliphatic rings. The normalized spacial score (nSPS) is 20.1. The lowest BCUT2D eigenvalue weighted by Crippen LogP contribution is -2.26. The number of likely N-dealkylation sites (tertiary alicyclic amines) is 1. The number of nitrogens with zero attached hydrogens (tertiary/aromatic N) is 2. The molecule has 1 atom stereocenters. The first-order valence-corrected chi connectivity index (χ1v) is 7.83. The van der Waals surface area contributed by atoms with Gasteiger partial charge in [-0.25, -0.2) is 12.7 Å². The predicted molar refractivity (Wildman–Crippen MR) is 82.4 cm³/mol. The molecule has 2 rings (SSSR count). The highest BCUT2D eigenvalue weighted by molar-refractivity contribution is 7.89. The van der Waals surface area contributed by atoms with Crippen molar-refractivity contribution in [2.24, 2.45) is 5.73 Å². The molecule has 0 aliphatic carbocycles. The van der Waals surface area contributed by atoms with Gasteiger partial charge in [-0.15, -0.1) is 12.4 Å². The van der Waals surface area contributed by atoms with E-state index in [1.807, 2.05) is 6.07 Å². The van der Waals surface area contributed by atoms with Crippen LogP contribution in [-0.2, 0) is 16.6 Å². The second-order valence-electron chi connectivity index (χ2n) is 5.22. The maximum atomic E-state index is 12.1. The fourth-order valence-electron chi connectivity index (χ4n) is 2.28. The van der Waals surface area contributed by atoms with Crippen LogP contribution in [0.1, 0.15) is 12.0 Å². The number of halogens is 1. The fraction of sp³-hybridized carbons (Fsp3) is 0.538. The van der Waals surface area contributed by atoms with Crippen LogP contribution in [0.15, 0.2) is 29.2 Å². The second kappa shape index (κ2) is 6.87. The van der Waals surface area contributed by atoms with E-state index in [0.29, 0.717) is 4.90 Å². The molecule has 2 N–H and O–H groups in total. The molecule has 0 aromatic heterocycles. The Morgan fingerprint density at radius 2 is 2.10 bits per heavy atom. The Balaban J connectivity index is 0.00000200. The zero-order valence-electron chi connectivity index (χ0n) is 11.8. The summed E-state index contributed by atoms with van der Waals surface area (Å²) >= 11 is 0. The quantitative estimate of drug-likeness (QED) is 0.895. The minimum Gasteiger partial charge on any atom is -0.326 e. The van der Waals surface area contributed by atoms with E-state index in [1.54, 1.807) is 32.3 Å². The number of rotatable bonds is 4. The molecule has 114 valence electrons. The predicted octanol–water partition coefficient (Wildman–Crippen LogP) is 0.892. The van der Waals surface area contributed by atoms with Crippen molar-refractivity contribution in [3.05, 3.63) is 29.8 Å². The molecule has 1 aromatic carbocycles. The summed E-state index contributed by atoms with van der Waals surface area (Å²) in [4.78, 5) is 2.60. The van der Waals surface area contributed by atoms with E-state index in [1.165, 1.54) is 4.31 Å². The smallest absolute Gasteiger partial charge is 0.242 e. The van der Waals surface area contributed by atoms with Gasteiger partial charge in [0.2, 0.25) is 10.0 Å². The van der Waals surface area contributed by atoms with Gasteiger partial charge in [0.1, 0.15) is 0 Å². The van der Waals surface area contributed by atoms with Crippen LogP contribution in [0.25, 0.3) is 0 Å². The van der Waals surface area contributed by atoms with Gasteiger partial charge < -0.3 is 5.73 Å². The zero-order valence-corrected chi connectivity index (χ0v) is 13.5. The van der Waals surface area contributed by atoms with Gasteiger partial charge in [-0.3, -0.25) is 4.90 Å². The Morgan fingerprint density at radius 1 is 1.40 bits per heavy atom.